The largest absolute Gasteiger partial charge is 0.346 e. The highest BCUT2D eigenvalue weighted by Gasteiger charge is 2.26. The Morgan fingerprint density at radius 1 is 0.441 bits per heavy atom. The molecule has 0 aromatic heterocycles. The van der Waals surface area contributed by atoms with Crippen LogP contribution < -0.4 is 20.7 Å². The molecule has 174 valence electrons. The Kier molecular flexibility index (Phi) is 7.92. The molecular weight excluding hydrogens is 499 g/mol. The van der Waals surface area contributed by atoms with Crippen LogP contribution in [0.3, 0.4) is 0 Å². The van der Waals surface area contributed by atoms with Gasteiger partial charge in [0.1, 0.15) is 23.3 Å². The first-order chi connectivity index (χ1) is 16.4. The number of benzene rings is 4. The molecule has 0 unspecified atom stereocenters. The minimum atomic E-state index is -3.12. The van der Waals surface area contributed by atoms with Crippen LogP contribution in [0.4, 0.5) is 17.6 Å². The van der Waals surface area contributed by atoms with Gasteiger partial charge in [-0.1, -0.05) is 48.5 Å². The normalized spacial score (nSPS) is 11.5. The summed E-state index contributed by atoms with van der Waals surface area (Å²) in [6.07, 6.45) is 0. The van der Waals surface area contributed by atoms with E-state index in [9.17, 15) is 22.1 Å². The van der Waals surface area contributed by atoms with Gasteiger partial charge in [-0.2, -0.15) is 0 Å². The fraction of sp³-hybridized carbons (Fsp3) is 0. The molecule has 0 heterocycles. The zero-order chi connectivity index (χ0) is 24.1. The Bertz CT molecular complexity index is 1070. The van der Waals surface area contributed by atoms with Crippen molar-refractivity contribution >= 4 is 47.1 Å². The molecule has 34 heavy (non-hydrogen) atoms. The van der Waals surface area contributed by atoms with Crippen molar-refractivity contribution in [2.45, 2.75) is 0 Å². The summed E-state index contributed by atoms with van der Waals surface area (Å²) < 4.78 is 78.9. The Morgan fingerprint density at radius 3 is 0.853 bits per heavy atom. The van der Waals surface area contributed by atoms with Gasteiger partial charge in [-0.3, -0.25) is 4.57 Å². The van der Waals surface area contributed by atoms with Crippen LogP contribution in [-0.4, -0.2) is 18.1 Å². The summed E-state index contributed by atoms with van der Waals surface area (Å²) in [5.41, 5.74) is 0. The van der Waals surface area contributed by atoms with Crippen LogP contribution in [0.15, 0.2) is 97.1 Å². The summed E-state index contributed by atoms with van der Waals surface area (Å²) >= 11 is 0. The number of hydrogen-bond donors (Lipinski definition) is 0. The van der Waals surface area contributed by atoms with Crippen LogP contribution in [0.2, 0.25) is 0 Å². The Balaban J connectivity index is 1.63. The summed E-state index contributed by atoms with van der Waals surface area (Å²) in [5.74, 6) is -1.72. The third-order valence-electron chi connectivity index (χ3n) is 5.12. The average Bonchev–Trinajstić information content (AvgIpc) is 2.84. The van der Waals surface area contributed by atoms with Crippen LogP contribution in [0, 0.1) is 23.3 Å². The molecular formula is C24H19F4O3PSi2. The summed E-state index contributed by atoms with van der Waals surface area (Å²) in [6.45, 7) is 0. The lowest BCUT2D eigenvalue weighted by atomic mass is 10.3. The molecule has 0 atom stereocenters. The molecule has 4 rings (SSSR count). The van der Waals surface area contributed by atoms with Gasteiger partial charge >= 0.3 is 8.25 Å². The predicted molar refractivity (Wildman–Crippen MR) is 130 cm³/mol. The van der Waals surface area contributed by atoms with Crippen molar-refractivity contribution in [3.8, 4) is 0 Å². The molecule has 4 aromatic rings. The van der Waals surface area contributed by atoms with Crippen LogP contribution in [0.25, 0.3) is 0 Å². The third kappa shape index (κ3) is 6.19. The number of rotatable bonds is 8. The van der Waals surface area contributed by atoms with Gasteiger partial charge in [0, 0.05) is 0 Å². The number of halogens is 4. The first kappa shape index (κ1) is 24.3. The molecule has 3 nitrogen and oxygen atoms in total. The van der Waals surface area contributed by atoms with E-state index in [0.29, 0.717) is 20.7 Å². The van der Waals surface area contributed by atoms with Crippen molar-refractivity contribution in [3.05, 3.63) is 120 Å². The topological polar surface area (TPSA) is 35.5 Å². The molecule has 0 saturated carbocycles. The summed E-state index contributed by atoms with van der Waals surface area (Å²) in [4.78, 5) is 0. The van der Waals surface area contributed by atoms with Crippen molar-refractivity contribution in [1.82, 2.24) is 0 Å². The smallest absolute Gasteiger partial charge is 0.300 e. The van der Waals surface area contributed by atoms with Crippen molar-refractivity contribution in [2.24, 2.45) is 0 Å². The zero-order valence-electron chi connectivity index (χ0n) is 17.6. The van der Waals surface area contributed by atoms with E-state index in [2.05, 4.69) is 0 Å². The fourth-order valence-corrected chi connectivity index (χ4v) is 10.8. The van der Waals surface area contributed by atoms with E-state index in [0.717, 1.165) is 0 Å². The van der Waals surface area contributed by atoms with Gasteiger partial charge in [0.15, 0.2) is 0 Å². The van der Waals surface area contributed by atoms with Gasteiger partial charge in [0.05, 0.1) is 0 Å². The molecule has 0 N–H and O–H groups in total. The molecule has 0 aliphatic rings. The molecule has 0 aliphatic heterocycles. The van der Waals surface area contributed by atoms with Crippen molar-refractivity contribution in [1.29, 1.82) is 0 Å². The summed E-state index contributed by atoms with van der Waals surface area (Å²) in [5, 5.41) is 2.54. The van der Waals surface area contributed by atoms with Crippen molar-refractivity contribution in [2.75, 3.05) is 0 Å². The Morgan fingerprint density at radius 2 is 0.647 bits per heavy atom. The Hall–Kier alpha value is -2.82. The standard InChI is InChI=1S/C24H19F4O3PSi2/c25-17-1-9-21(10-2-17)33(22-11-3-18(26)4-12-22)30-32(29)31-34(23-13-5-19(27)6-14-23)24-15-7-20(28)8-16-24/h1-16,32-34H. The van der Waals surface area contributed by atoms with Gasteiger partial charge in [-0.05, 0) is 69.3 Å². The van der Waals surface area contributed by atoms with Crippen LogP contribution in [0.5, 0.6) is 0 Å². The minimum absolute atomic E-state index is 0.431. The van der Waals surface area contributed by atoms with Gasteiger partial charge in [-0.15, -0.1) is 0 Å². The van der Waals surface area contributed by atoms with Crippen LogP contribution in [0.1, 0.15) is 0 Å². The molecule has 4 aromatic carbocycles. The molecule has 0 fully saturated rings. The molecule has 0 radical (unpaired) electrons. The highest BCUT2D eigenvalue weighted by molar-refractivity contribution is 7.38. The van der Waals surface area contributed by atoms with E-state index in [4.69, 9.17) is 8.43 Å². The van der Waals surface area contributed by atoms with Crippen LogP contribution in [-0.2, 0) is 13.0 Å². The molecule has 0 aliphatic carbocycles. The maximum atomic E-state index is 13.5. The van der Waals surface area contributed by atoms with Gasteiger partial charge < -0.3 is 8.43 Å². The van der Waals surface area contributed by atoms with Gasteiger partial charge in [0.25, 0.3) is 18.1 Å². The van der Waals surface area contributed by atoms with E-state index >= 15 is 0 Å². The maximum Gasteiger partial charge on any atom is 0.300 e. The molecule has 10 heteroatoms. The van der Waals surface area contributed by atoms with E-state index in [1.807, 2.05) is 0 Å². The van der Waals surface area contributed by atoms with E-state index < -0.39 is 49.6 Å². The van der Waals surface area contributed by atoms with Crippen LogP contribution >= 0.6 is 8.25 Å². The second-order valence-electron chi connectivity index (χ2n) is 7.45. The van der Waals surface area contributed by atoms with Crippen molar-refractivity contribution in [3.63, 3.8) is 0 Å². The molecule has 0 amide bonds. The average molecular weight is 519 g/mol. The van der Waals surface area contributed by atoms with Gasteiger partial charge in [0.2, 0.25) is 0 Å². The summed E-state index contributed by atoms with van der Waals surface area (Å²) in [6, 6.07) is 22.5. The van der Waals surface area contributed by atoms with E-state index in [-0.39, 0.29) is 0 Å². The lowest BCUT2D eigenvalue weighted by Crippen LogP contribution is -2.46. The van der Waals surface area contributed by atoms with E-state index in [1.165, 1.54) is 48.5 Å². The Labute approximate surface area is 198 Å². The summed E-state index contributed by atoms with van der Waals surface area (Å²) in [7, 11) is -8.39. The second kappa shape index (κ2) is 11.1. The lowest BCUT2D eigenvalue weighted by molar-refractivity contribution is 0.432. The minimum Gasteiger partial charge on any atom is -0.346 e. The molecule has 0 spiro atoms. The highest BCUT2D eigenvalue weighted by Crippen LogP contribution is 2.26. The first-order valence-corrected chi connectivity index (χ1v) is 14.8. The maximum absolute atomic E-state index is 13.5. The zero-order valence-corrected chi connectivity index (χ0v) is 20.9. The fourth-order valence-electron chi connectivity index (χ4n) is 3.43. The quantitative estimate of drug-likeness (QED) is 0.204. The highest BCUT2D eigenvalue weighted by atomic mass is 31.1. The number of hydrogen-bond acceptors (Lipinski definition) is 3. The third-order valence-corrected chi connectivity index (χ3v) is 12.5. The molecule has 0 bridgehead atoms. The molecule has 0 saturated heterocycles. The lowest BCUT2D eigenvalue weighted by Gasteiger charge is -2.21. The monoisotopic (exact) mass is 518 g/mol. The van der Waals surface area contributed by atoms with Gasteiger partial charge in [-0.25, -0.2) is 17.6 Å². The second-order valence-corrected chi connectivity index (χ2v) is 14.0. The SMILES string of the molecule is O=[PH](O[SiH](c1ccc(F)cc1)c1ccc(F)cc1)O[SiH](c1ccc(F)cc1)c1ccc(F)cc1. The first-order valence-electron chi connectivity index (χ1n) is 10.3. The van der Waals surface area contributed by atoms with Crippen molar-refractivity contribution < 1.29 is 30.6 Å². The van der Waals surface area contributed by atoms with E-state index in [1.54, 1.807) is 48.5 Å². The predicted octanol–water partition coefficient (Wildman–Crippen LogP) is 3.04.